The minimum absolute atomic E-state index is 0.221. The number of methoxy groups -OCH3 is 2. The fraction of sp³-hybridized carbons (Fsp3) is 0.296. The minimum atomic E-state index is -0.224. The third kappa shape index (κ3) is 6.73. The number of H-pyrrole nitrogens is 1. The molecule has 0 saturated carbocycles. The zero-order valence-electron chi connectivity index (χ0n) is 21.4. The molecule has 1 aromatic carbocycles. The summed E-state index contributed by atoms with van der Waals surface area (Å²) in [5.74, 6) is 1.03. The van der Waals surface area contributed by atoms with Crippen LogP contribution in [-0.2, 0) is 4.79 Å². The molecule has 0 aliphatic rings. The van der Waals surface area contributed by atoms with E-state index >= 15 is 0 Å². The van der Waals surface area contributed by atoms with Crippen molar-refractivity contribution in [3.05, 3.63) is 65.6 Å². The van der Waals surface area contributed by atoms with E-state index in [2.05, 4.69) is 25.5 Å². The second-order valence-corrected chi connectivity index (χ2v) is 8.54. The van der Waals surface area contributed by atoms with Crippen LogP contribution >= 0.6 is 0 Å². The van der Waals surface area contributed by atoms with Gasteiger partial charge in [-0.2, -0.15) is 0 Å². The molecule has 4 N–H and O–H groups in total. The van der Waals surface area contributed by atoms with Gasteiger partial charge in [0.15, 0.2) is 11.5 Å². The van der Waals surface area contributed by atoms with Gasteiger partial charge in [0.05, 0.1) is 20.3 Å². The number of ether oxygens (including phenoxy) is 2. The lowest BCUT2D eigenvalue weighted by Gasteiger charge is -2.15. The third-order valence-electron chi connectivity index (χ3n) is 5.69. The summed E-state index contributed by atoms with van der Waals surface area (Å²) in [5, 5.41) is 14.9. The highest BCUT2D eigenvalue weighted by molar-refractivity contribution is 6.09. The zero-order chi connectivity index (χ0) is 26.1. The Morgan fingerprint density at radius 3 is 2.69 bits per heavy atom. The number of nitrogens with zero attached hydrogens (tertiary/aromatic N) is 2. The van der Waals surface area contributed by atoms with Crippen molar-refractivity contribution in [2.24, 2.45) is 0 Å². The summed E-state index contributed by atoms with van der Waals surface area (Å²) in [5.41, 5.74) is 3.98. The molecule has 9 nitrogen and oxygen atoms in total. The highest BCUT2D eigenvalue weighted by Crippen LogP contribution is 2.30. The summed E-state index contributed by atoms with van der Waals surface area (Å²) in [6.07, 6.45) is 9.93. The molecule has 2 heterocycles. The molecule has 36 heavy (non-hydrogen) atoms. The first-order chi connectivity index (χ1) is 17.4. The Morgan fingerprint density at radius 1 is 1.22 bits per heavy atom. The molecule has 2 aromatic heterocycles. The number of hydrogen-bond donors (Lipinski definition) is 4. The molecule has 9 heteroatoms. The molecule has 0 unspecified atom stereocenters. The van der Waals surface area contributed by atoms with E-state index in [4.69, 9.17) is 14.9 Å². The number of fused-ring (bicyclic) bond motifs is 1. The minimum Gasteiger partial charge on any atom is -0.493 e. The Balaban J connectivity index is 1.72. The Bertz CT molecular complexity index is 1260. The Hall–Kier alpha value is -4.11. The number of carbonyl (C=O) groups is 1. The number of carbonyl (C=O) groups excluding carboxylic acids is 1. The molecule has 0 spiro atoms. The van der Waals surface area contributed by atoms with Crippen molar-refractivity contribution in [2.45, 2.75) is 13.0 Å². The van der Waals surface area contributed by atoms with Crippen molar-refractivity contribution in [2.75, 3.05) is 41.4 Å². The number of rotatable bonds is 12. The molecular weight excluding hydrogens is 456 g/mol. The molecule has 190 valence electrons. The number of amides is 1. The maximum Gasteiger partial charge on any atom is 0.244 e. The number of hydrogen-bond acceptors (Lipinski definition) is 7. The number of likely N-dealkylation sites (N-methyl/N-ethyl adjacent to an activating group) is 1. The fourth-order valence-corrected chi connectivity index (χ4v) is 3.63. The Labute approximate surface area is 211 Å². The van der Waals surface area contributed by atoms with E-state index in [9.17, 15) is 4.79 Å². The number of benzene rings is 1. The SMILES string of the molecule is COc1ccc([C@@H](C)NC(=O)/C=C/c2c[nH]c3ncc(/C(C=N)=C/NCCN(C)C)cc23)cc1OC. The van der Waals surface area contributed by atoms with Gasteiger partial charge in [-0.1, -0.05) is 6.07 Å². The van der Waals surface area contributed by atoms with Gasteiger partial charge in [0.1, 0.15) is 5.65 Å². The van der Waals surface area contributed by atoms with Crippen LogP contribution in [0.2, 0.25) is 0 Å². The van der Waals surface area contributed by atoms with Gasteiger partial charge < -0.3 is 35.4 Å². The van der Waals surface area contributed by atoms with Crippen molar-refractivity contribution in [3.63, 3.8) is 0 Å². The van der Waals surface area contributed by atoms with Crippen LogP contribution < -0.4 is 20.1 Å². The monoisotopic (exact) mass is 490 g/mol. The maximum atomic E-state index is 12.6. The van der Waals surface area contributed by atoms with Gasteiger partial charge in [0, 0.05) is 66.1 Å². The molecule has 0 saturated heterocycles. The van der Waals surface area contributed by atoms with Crippen LogP contribution in [0.3, 0.4) is 0 Å². The van der Waals surface area contributed by atoms with Crippen LogP contribution in [0, 0.1) is 5.41 Å². The lowest BCUT2D eigenvalue weighted by Crippen LogP contribution is -2.24. The van der Waals surface area contributed by atoms with Crippen LogP contribution in [0.25, 0.3) is 22.7 Å². The highest BCUT2D eigenvalue weighted by atomic mass is 16.5. The van der Waals surface area contributed by atoms with Gasteiger partial charge in [-0.25, -0.2) is 4.98 Å². The number of pyridine rings is 1. The van der Waals surface area contributed by atoms with Crippen LogP contribution in [0.4, 0.5) is 0 Å². The maximum absolute atomic E-state index is 12.6. The van der Waals surface area contributed by atoms with Gasteiger partial charge in [-0.3, -0.25) is 4.79 Å². The number of aromatic nitrogens is 2. The first-order valence-corrected chi connectivity index (χ1v) is 11.6. The average Bonchev–Trinajstić information content (AvgIpc) is 3.29. The number of allylic oxidation sites excluding steroid dienone is 1. The quantitative estimate of drug-likeness (QED) is 0.175. The summed E-state index contributed by atoms with van der Waals surface area (Å²) in [4.78, 5) is 22.3. The average molecular weight is 491 g/mol. The summed E-state index contributed by atoms with van der Waals surface area (Å²) in [7, 11) is 7.19. The molecule has 0 aliphatic heterocycles. The smallest absolute Gasteiger partial charge is 0.244 e. The molecular formula is C27H34N6O3. The van der Waals surface area contributed by atoms with Gasteiger partial charge in [0.2, 0.25) is 5.91 Å². The Morgan fingerprint density at radius 2 is 2.00 bits per heavy atom. The summed E-state index contributed by atoms with van der Waals surface area (Å²) in [6, 6.07) is 7.31. The van der Waals surface area contributed by atoms with Gasteiger partial charge in [-0.05, 0) is 50.9 Å². The first-order valence-electron chi connectivity index (χ1n) is 11.6. The van der Waals surface area contributed by atoms with Gasteiger partial charge >= 0.3 is 0 Å². The molecule has 1 atom stereocenters. The molecule has 3 rings (SSSR count). The van der Waals surface area contributed by atoms with Crippen molar-refractivity contribution in [3.8, 4) is 11.5 Å². The molecule has 0 bridgehead atoms. The van der Waals surface area contributed by atoms with E-state index in [1.807, 2.05) is 57.7 Å². The van der Waals surface area contributed by atoms with Gasteiger partial charge in [0.25, 0.3) is 0 Å². The Kier molecular flexibility index (Phi) is 9.24. The van der Waals surface area contributed by atoms with E-state index < -0.39 is 0 Å². The zero-order valence-corrected chi connectivity index (χ0v) is 21.4. The topological polar surface area (TPSA) is 115 Å². The summed E-state index contributed by atoms with van der Waals surface area (Å²) >= 11 is 0. The second-order valence-electron chi connectivity index (χ2n) is 8.54. The molecule has 0 radical (unpaired) electrons. The predicted octanol–water partition coefficient (Wildman–Crippen LogP) is 3.61. The lowest BCUT2D eigenvalue weighted by molar-refractivity contribution is -0.117. The normalized spacial score (nSPS) is 12.7. The van der Waals surface area contributed by atoms with E-state index in [1.165, 1.54) is 12.3 Å². The van der Waals surface area contributed by atoms with Crippen LogP contribution in [0.5, 0.6) is 11.5 Å². The second kappa shape index (κ2) is 12.6. The van der Waals surface area contributed by atoms with Crippen molar-refractivity contribution >= 4 is 34.8 Å². The highest BCUT2D eigenvalue weighted by Gasteiger charge is 2.12. The number of aromatic amines is 1. The third-order valence-corrected chi connectivity index (χ3v) is 5.69. The van der Waals surface area contributed by atoms with E-state index in [1.54, 1.807) is 26.5 Å². The number of nitrogens with one attached hydrogen (secondary N) is 4. The van der Waals surface area contributed by atoms with E-state index in [0.717, 1.165) is 40.7 Å². The standard InChI is InChI=1S/C27H34N6O3/c1-18(19-6-8-24(35-4)25(13-19)36-5)32-26(34)9-7-20-16-30-27-23(20)12-21(17-31-27)22(14-28)15-29-10-11-33(2)3/h6-9,12-18,28-29H,10-11H2,1-5H3,(H,30,31)(H,32,34)/b9-7+,22-15+,28-14?/t18-/m1/s1. The molecule has 0 aliphatic carbocycles. The van der Waals surface area contributed by atoms with Crippen molar-refractivity contribution < 1.29 is 14.3 Å². The van der Waals surface area contributed by atoms with Crippen LogP contribution in [0.15, 0.2) is 48.9 Å². The fourth-order valence-electron chi connectivity index (χ4n) is 3.63. The predicted molar refractivity (Wildman–Crippen MR) is 145 cm³/mol. The molecule has 1 amide bonds. The lowest BCUT2D eigenvalue weighted by atomic mass is 10.1. The molecule has 0 fully saturated rings. The van der Waals surface area contributed by atoms with Crippen LogP contribution in [0.1, 0.15) is 29.7 Å². The molecule has 3 aromatic rings. The van der Waals surface area contributed by atoms with E-state index in [0.29, 0.717) is 17.1 Å². The van der Waals surface area contributed by atoms with Gasteiger partial charge in [-0.15, -0.1) is 0 Å². The van der Waals surface area contributed by atoms with E-state index in [-0.39, 0.29) is 11.9 Å². The largest absolute Gasteiger partial charge is 0.493 e. The first kappa shape index (κ1) is 26.5. The van der Waals surface area contributed by atoms with Crippen LogP contribution in [-0.4, -0.2) is 68.4 Å². The summed E-state index contributed by atoms with van der Waals surface area (Å²) < 4.78 is 10.6. The van der Waals surface area contributed by atoms with Crippen molar-refractivity contribution in [1.82, 2.24) is 25.5 Å². The summed E-state index contributed by atoms with van der Waals surface area (Å²) in [6.45, 7) is 3.57. The van der Waals surface area contributed by atoms with Crippen molar-refractivity contribution in [1.29, 1.82) is 5.41 Å².